The van der Waals surface area contributed by atoms with Crippen LogP contribution in [-0.2, 0) is 0 Å². The number of hydrogen-bond donors (Lipinski definition) is 2. The normalized spacial score (nSPS) is 15.9. The Morgan fingerprint density at radius 3 is 2.71 bits per heavy atom. The van der Waals surface area contributed by atoms with E-state index in [1.165, 1.54) is 12.1 Å². The summed E-state index contributed by atoms with van der Waals surface area (Å²) < 4.78 is 26.3. The Kier molecular flexibility index (Phi) is 2.36. The Morgan fingerprint density at radius 1 is 1.24 bits per heavy atom. The molecule has 0 atom stereocenters. The lowest BCUT2D eigenvalue weighted by atomic mass is 10.0. The zero-order valence-electron chi connectivity index (χ0n) is 8.87. The molecule has 1 saturated heterocycles. The van der Waals surface area contributed by atoms with E-state index in [4.69, 9.17) is 0 Å². The van der Waals surface area contributed by atoms with Gasteiger partial charge in [0.2, 0.25) is 0 Å². The molecule has 0 saturated carbocycles. The van der Waals surface area contributed by atoms with E-state index in [1.54, 1.807) is 0 Å². The minimum Gasteiger partial charge on any atom is -0.315 e. The fourth-order valence-electron chi connectivity index (χ4n) is 1.73. The summed E-state index contributed by atoms with van der Waals surface area (Å²) in [7, 11) is 0. The molecule has 2 N–H and O–H groups in total. The van der Waals surface area contributed by atoms with Gasteiger partial charge in [0.15, 0.2) is 5.82 Å². The standard InChI is InChI=1S/C11H10F2N4/c12-7-1-2-8(9(13)3-7)11-15-10(16-17-11)6-4-14-5-6/h1-3,6,14H,4-5H2,(H,15,16,17). The molecule has 1 aliphatic rings. The van der Waals surface area contributed by atoms with Crippen molar-refractivity contribution in [1.29, 1.82) is 0 Å². The van der Waals surface area contributed by atoms with Crippen LogP contribution in [0.5, 0.6) is 0 Å². The van der Waals surface area contributed by atoms with Gasteiger partial charge in [0, 0.05) is 25.1 Å². The first-order valence-corrected chi connectivity index (χ1v) is 5.32. The highest BCUT2D eigenvalue weighted by atomic mass is 19.1. The van der Waals surface area contributed by atoms with E-state index >= 15 is 0 Å². The molecular weight excluding hydrogens is 226 g/mol. The largest absolute Gasteiger partial charge is 0.315 e. The van der Waals surface area contributed by atoms with E-state index in [1.807, 2.05) is 0 Å². The molecule has 1 aromatic heterocycles. The topological polar surface area (TPSA) is 53.6 Å². The molecule has 88 valence electrons. The molecule has 4 nitrogen and oxygen atoms in total. The molecule has 1 aromatic carbocycles. The van der Waals surface area contributed by atoms with Crippen molar-refractivity contribution < 1.29 is 8.78 Å². The summed E-state index contributed by atoms with van der Waals surface area (Å²) in [4.78, 5) is 4.22. The molecule has 2 aromatic rings. The number of aromatic nitrogens is 3. The van der Waals surface area contributed by atoms with Crippen LogP contribution in [0.3, 0.4) is 0 Å². The fourth-order valence-corrected chi connectivity index (χ4v) is 1.73. The van der Waals surface area contributed by atoms with E-state index in [0.717, 1.165) is 25.0 Å². The van der Waals surface area contributed by atoms with Crippen LogP contribution in [0.15, 0.2) is 18.2 Å². The molecule has 17 heavy (non-hydrogen) atoms. The van der Waals surface area contributed by atoms with E-state index in [0.29, 0.717) is 5.92 Å². The second-order valence-electron chi connectivity index (χ2n) is 4.02. The molecule has 1 aliphatic heterocycles. The first-order chi connectivity index (χ1) is 8.24. The number of rotatable bonds is 2. The maximum atomic E-state index is 13.5. The van der Waals surface area contributed by atoms with Crippen LogP contribution < -0.4 is 5.32 Å². The predicted octanol–water partition coefficient (Wildman–Crippen LogP) is 1.44. The number of nitrogens with one attached hydrogen (secondary N) is 2. The van der Waals surface area contributed by atoms with E-state index in [-0.39, 0.29) is 11.4 Å². The van der Waals surface area contributed by atoms with E-state index in [9.17, 15) is 8.78 Å². The molecule has 1 fully saturated rings. The molecule has 0 bridgehead atoms. The summed E-state index contributed by atoms with van der Waals surface area (Å²) in [6.07, 6.45) is 0. The van der Waals surface area contributed by atoms with Crippen molar-refractivity contribution in [3.63, 3.8) is 0 Å². The van der Waals surface area contributed by atoms with Crippen molar-refractivity contribution in [3.05, 3.63) is 35.7 Å². The Labute approximate surface area is 96.1 Å². The second-order valence-corrected chi connectivity index (χ2v) is 4.02. The van der Waals surface area contributed by atoms with Gasteiger partial charge < -0.3 is 5.32 Å². The average Bonchev–Trinajstić information content (AvgIpc) is 2.64. The van der Waals surface area contributed by atoms with Gasteiger partial charge in [0.1, 0.15) is 17.5 Å². The van der Waals surface area contributed by atoms with Gasteiger partial charge in [-0.25, -0.2) is 13.8 Å². The van der Waals surface area contributed by atoms with Gasteiger partial charge >= 0.3 is 0 Å². The number of nitrogens with zero attached hydrogens (tertiary/aromatic N) is 2. The lowest BCUT2D eigenvalue weighted by Crippen LogP contribution is -2.40. The first kappa shape index (κ1) is 10.3. The molecule has 0 radical (unpaired) electrons. The zero-order valence-corrected chi connectivity index (χ0v) is 8.87. The van der Waals surface area contributed by atoms with Crippen LogP contribution in [0.2, 0.25) is 0 Å². The van der Waals surface area contributed by atoms with Gasteiger partial charge in [-0.15, -0.1) is 0 Å². The number of hydrogen-bond acceptors (Lipinski definition) is 3. The SMILES string of the molecule is Fc1ccc(-c2n[nH]c(C3CNC3)n2)c(F)c1. The van der Waals surface area contributed by atoms with Crippen LogP contribution in [0.4, 0.5) is 8.78 Å². The third kappa shape index (κ3) is 1.80. The maximum absolute atomic E-state index is 13.5. The number of benzene rings is 1. The molecular formula is C11H10F2N4. The van der Waals surface area contributed by atoms with Crippen molar-refractivity contribution in [1.82, 2.24) is 20.5 Å². The summed E-state index contributed by atoms with van der Waals surface area (Å²) in [5.74, 6) is 0.0547. The van der Waals surface area contributed by atoms with Crippen molar-refractivity contribution in [3.8, 4) is 11.4 Å². The third-order valence-corrected chi connectivity index (χ3v) is 2.84. The van der Waals surface area contributed by atoms with Crippen LogP contribution in [0.1, 0.15) is 11.7 Å². The van der Waals surface area contributed by atoms with Crippen LogP contribution in [0, 0.1) is 11.6 Å². The quantitative estimate of drug-likeness (QED) is 0.829. The highest BCUT2D eigenvalue weighted by Gasteiger charge is 2.23. The molecule has 0 unspecified atom stereocenters. The van der Waals surface area contributed by atoms with Gasteiger partial charge in [-0.2, -0.15) is 5.10 Å². The van der Waals surface area contributed by atoms with Gasteiger partial charge in [0.25, 0.3) is 0 Å². The zero-order chi connectivity index (χ0) is 11.8. The number of aromatic amines is 1. The molecule has 6 heteroatoms. The highest BCUT2D eigenvalue weighted by Crippen LogP contribution is 2.22. The molecule has 3 rings (SSSR count). The van der Waals surface area contributed by atoms with Gasteiger partial charge in [0.05, 0.1) is 5.56 Å². The lowest BCUT2D eigenvalue weighted by molar-refractivity contribution is 0.431. The van der Waals surface area contributed by atoms with Gasteiger partial charge in [-0.1, -0.05) is 0 Å². The first-order valence-electron chi connectivity index (χ1n) is 5.32. The Morgan fingerprint density at radius 2 is 2.06 bits per heavy atom. The minimum atomic E-state index is -0.651. The third-order valence-electron chi connectivity index (χ3n) is 2.84. The molecule has 0 aliphatic carbocycles. The summed E-state index contributed by atoms with van der Waals surface area (Å²) >= 11 is 0. The lowest BCUT2D eigenvalue weighted by Gasteiger charge is -2.24. The molecule has 0 spiro atoms. The van der Waals surface area contributed by atoms with Crippen LogP contribution in [-0.4, -0.2) is 28.3 Å². The summed E-state index contributed by atoms with van der Waals surface area (Å²) in [6, 6.07) is 3.37. The Hall–Kier alpha value is -1.82. The van der Waals surface area contributed by atoms with Crippen LogP contribution >= 0.6 is 0 Å². The smallest absolute Gasteiger partial charge is 0.184 e. The van der Waals surface area contributed by atoms with Gasteiger partial charge in [-0.05, 0) is 12.1 Å². The number of H-pyrrole nitrogens is 1. The minimum absolute atomic E-state index is 0.209. The Bertz CT molecular complexity index is 548. The number of halogens is 2. The summed E-state index contributed by atoms with van der Waals surface area (Å²) in [5, 5.41) is 9.86. The molecule has 2 heterocycles. The Balaban J connectivity index is 1.94. The van der Waals surface area contributed by atoms with E-state index < -0.39 is 11.6 Å². The maximum Gasteiger partial charge on any atom is 0.184 e. The molecule has 0 amide bonds. The average molecular weight is 236 g/mol. The van der Waals surface area contributed by atoms with Crippen LogP contribution in [0.25, 0.3) is 11.4 Å². The van der Waals surface area contributed by atoms with Crippen molar-refractivity contribution in [2.24, 2.45) is 0 Å². The highest BCUT2D eigenvalue weighted by molar-refractivity contribution is 5.55. The van der Waals surface area contributed by atoms with Crippen molar-refractivity contribution in [2.75, 3.05) is 13.1 Å². The summed E-state index contributed by atoms with van der Waals surface area (Å²) in [6.45, 7) is 1.70. The summed E-state index contributed by atoms with van der Waals surface area (Å²) in [5.41, 5.74) is 0.209. The predicted molar refractivity (Wildman–Crippen MR) is 57.3 cm³/mol. The monoisotopic (exact) mass is 236 g/mol. The van der Waals surface area contributed by atoms with Crippen molar-refractivity contribution >= 4 is 0 Å². The van der Waals surface area contributed by atoms with Gasteiger partial charge in [-0.3, -0.25) is 5.10 Å². The van der Waals surface area contributed by atoms with Crippen molar-refractivity contribution in [2.45, 2.75) is 5.92 Å². The second kappa shape index (κ2) is 3.89. The van der Waals surface area contributed by atoms with E-state index in [2.05, 4.69) is 20.5 Å². The fraction of sp³-hybridized carbons (Fsp3) is 0.273.